The van der Waals surface area contributed by atoms with Crippen LogP contribution < -0.4 is 0 Å². The molecule has 5 rings (SSSR count). The Hall–Kier alpha value is -3.43. The lowest BCUT2D eigenvalue weighted by Gasteiger charge is -2.30. The van der Waals surface area contributed by atoms with Crippen LogP contribution >= 0.6 is 0 Å². The number of carbonyl (C=O) groups is 1. The molecule has 2 aliphatic carbocycles. The second kappa shape index (κ2) is 8.60. The molecule has 2 saturated carbocycles. The SMILES string of the molecule is CC(C)(C)OC(=O)N(CC1(c2noc(-c3ccc(C(F)(F)F)nc3)n2)CC1)C1CC1c1ccccc1. The molecule has 2 atom stereocenters. The van der Waals surface area contributed by atoms with Crippen LogP contribution in [0.1, 0.15) is 63.0 Å². The summed E-state index contributed by atoms with van der Waals surface area (Å²) in [5.41, 5.74) is -0.639. The molecule has 2 aromatic heterocycles. The Balaban J connectivity index is 1.36. The quantitative estimate of drug-likeness (QED) is 0.415. The van der Waals surface area contributed by atoms with Crippen molar-refractivity contribution in [1.29, 1.82) is 0 Å². The molecule has 7 nitrogen and oxygen atoms in total. The van der Waals surface area contributed by atoms with Crippen LogP contribution in [0.5, 0.6) is 0 Å². The Bertz CT molecular complexity index is 1230. The van der Waals surface area contributed by atoms with Crippen molar-refractivity contribution < 1.29 is 27.2 Å². The van der Waals surface area contributed by atoms with Crippen LogP contribution in [0.4, 0.5) is 18.0 Å². The highest BCUT2D eigenvalue weighted by Gasteiger charge is 2.55. The number of ether oxygens (including phenoxy) is 1. The highest BCUT2D eigenvalue weighted by Crippen LogP contribution is 2.52. The van der Waals surface area contributed by atoms with E-state index in [9.17, 15) is 18.0 Å². The maximum absolute atomic E-state index is 13.2. The fraction of sp³-hybridized carbons (Fsp3) is 0.462. The number of pyridine rings is 1. The van der Waals surface area contributed by atoms with Gasteiger partial charge in [-0.15, -0.1) is 0 Å². The van der Waals surface area contributed by atoms with Gasteiger partial charge in [0.15, 0.2) is 5.82 Å². The van der Waals surface area contributed by atoms with E-state index >= 15 is 0 Å². The first-order chi connectivity index (χ1) is 17.0. The summed E-state index contributed by atoms with van der Waals surface area (Å²) in [5.74, 6) is 0.756. The minimum Gasteiger partial charge on any atom is -0.444 e. The van der Waals surface area contributed by atoms with Crippen molar-refractivity contribution in [3.63, 3.8) is 0 Å². The summed E-state index contributed by atoms with van der Waals surface area (Å²) >= 11 is 0. The average Bonchev–Trinajstić information content (AvgIpc) is 3.73. The monoisotopic (exact) mass is 500 g/mol. The molecule has 36 heavy (non-hydrogen) atoms. The zero-order chi connectivity index (χ0) is 25.7. The van der Waals surface area contributed by atoms with Gasteiger partial charge in [-0.1, -0.05) is 35.5 Å². The summed E-state index contributed by atoms with van der Waals surface area (Å²) < 4.78 is 49.6. The van der Waals surface area contributed by atoms with Gasteiger partial charge in [-0.2, -0.15) is 18.2 Å². The van der Waals surface area contributed by atoms with E-state index < -0.39 is 22.9 Å². The number of amides is 1. The summed E-state index contributed by atoms with van der Waals surface area (Å²) in [5, 5.41) is 4.13. The van der Waals surface area contributed by atoms with Crippen molar-refractivity contribution >= 4 is 6.09 Å². The van der Waals surface area contributed by atoms with Gasteiger partial charge in [-0.3, -0.25) is 4.98 Å². The van der Waals surface area contributed by atoms with Crippen LogP contribution in [-0.2, 0) is 16.3 Å². The van der Waals surface area contributed by atoms with E-state index in [1.807, 2.05) is 39.0 Å². The van der Waals surface area contributed by atoms with Gasteiger partial charge in [0.25, 0.3) is 5.89 Å². The van der Waals surface area contributed by atoms with Gasteiger partial charge in [0.2, 0.25) is 0 Å². The van der Waals surface area contributed by atoms with Crippen molar-refractivity contribution in [2.24, 2.45) is 0 Å². The lowest BCUT2D eigenvalue weighted by Crippen LogP contribution is -2.43. The third-order valence-electron chi connectivity index (χ3n) is 6.54. The van der Waals surface area contributed by atoms with Crippen LogP contribution in [0.3, 0.4) is 0 Å². The van der Waals surface area contributed by atoms with Crippen LogP contribution in [0.2, 0.25) is 0 Å². The van der Waals surface area contributed by atoms with Crippen molar-refractivity contribution in [1.82, 2.24) is 20.0 Å². The van der Waals surface area contributed by atoms with E-state index in [-0.39, 0.29) is 23.9 Å². The molecule has 1 aromatic carbocycles. The molecule has 10 heteroatoms. The zero-order valence-electron chi connectivity index (χ0n) is 20.2. The predicted molar refractivity (Wildman–Crippen MR) is 124 cm³/mol. The molecule has 2 unspecified atom stereocenters. The normalized spacial score (nSPS) is 20.6. The van der Waals surface area contributed by atoms with Gasteiger partial charge < -0.3 is 14.2 Å². The van der Waals surface area contributed by atoms with E-state index in [4.69, 9.17) is 9.26 Å². The fourth-order valence-electron chi connectivity index (χ4n) is 4.40. The van der Waals surface area contributed by atoms with Crippen molar-refractivity contribution in [2.45, 2.75) is 69.2 Å². The third kappa shape index (κ3) is 5.08. The second-order valence-electron chi connectivity index (χ2n) is 10.6. The number of benzene rings is 1. The van der Waals surface area contributed by atoms with Crippen LogP contribution in [0.15, 0.2) is 53.2 Å². The van der Waals surface area contributed by atoms with Crippen molar-refractivity contribution in [2.75, 3.05) is 6.54 Å². The molecule has 3 aromatic rings. The molecule has 1 amide bonds. The standard InChI is InChI=1S/C26H27F3N4O3/c1-24(2,3)35-23(34)33(19-13-18(19)16-7-5-4-6-8-16)15-25(11-12-25)22-31-21(36-32-22)17-9-10-20(30-14-17)26(27,28)29/h4-10,14,18-19H,11-13,15H2,1-3H3. The minimum absolute atomic E-state index is 0.00482. The molecule has 0 bridgehead atoms. The van der Waals surface area contributed by atoms with Gasteiger partial charge in [-0.05, 0) is 57.7 Å². The Kier molecular flexibility index (Phi) is 5.80. The lowest BCUT2D eigenvalue weighted by atomic mass is 10.1. The maximum Gasteiger partial charge on any atom is 0.433 e. The second-order valence-corrected chi connectivity index (χ2v) is 10.6. The summed E-state index contributed by atoms with van der Waals surface area (Å²) in [7, 11) is 0. The summed E-state index contributed by atoms with van der Waals surface area (Å²) in [6.07, 6.45) is -1.47. The smallest absolute Gasteiger partial charge is 0.433 e. The molecular formula is C26H27F3N4O3. The molecular weight excluding hydrogens is 473 g/mol. The lowest BCUT2D eigenvalue weighted by molar-refractivity contribution is -0.141. The van der Waals surface area contributed by atoms with E-state index in [0.717, 1.165) is 31.5 Å². The Morgan fingerprint density at radius 1 is 1.14 bits per heavy atom. The van der Waals surface area contributed by atoms with Crippen molar-refractivity contribution in [3.05, 3.63) is 65.7 Å². The number of nitrogens with zero attached hydrogens (tertiary/aromatic N) is 4. The van der Waals surface area contributed by atoms with E-state index in [1.165, 1.54) is 11.6 Å². The van der Waals surface area contributed by atoms with Gasteiger partial charge in [0.05, 0.1) is 11.0 Å². The number of hydrogen-bond donors (Lipinski definition) is 0. The van der Waals surface area contributed by atoms with E-state index in [2.05, 4.69) is 27.3 Å². The number of rotatable bonds is 6. The molecule has 2 aliphatic rings. The zero-order valence-corrected chi connectivity index (χ0v) is 20.2. The van der Waals surface area contributed by atoms with Crippen molar-refractivity contribution in [3.8, 4) is 11.5 Å². The highest BCUT2D eigenvalue weighted by atomic mass is 19.4. The first kappa shape index (κ1) is 24.3. The Morgan fingerprint density at radius 2 is 1.86 bits per heavy atom. The molecule has 0 saturated heterocycles. The largest absolute Gasteiger partial charge is 0.444 e. The molecule has 0 aliphatic heterocycles. The van der Waals surface area contributed by atoms with Gasteiger partial charge >= 0.3 is 12.3 Å². The first-order valence-corrected chi connectivity index (χ1v) is 11.9. The maximum atomic E-state index is 13.2. The molecule has 0 spiro atoms. The summed E-state index contributed by atoms with van der Waals surface area (Å²) in [4.78, 5) is 23.0. The predicted octanol–water partition coefficient (Wildman–Crippen LogP) is 5.98. The van der Waals surface area contributed by atoms with Gasteiger partial charge in [-0.25, -0.2) is 4.79 Å². The molecule has 2 heterocycles. The minimum atomic E-state index is -4.53. The number of carbonyl (C=O) groups excluding carboxylic acids is 1. The molecule has 2 fully saturated rings. The van der Waals surface area contributed by atoms with Gasteiger partial charge in [0.1, 0.15) is 11.3 Å². The number of hydrogen-bond acceptors (Lipinski definition) is 6. The van der Waals surface area contributed by atoms with E-state index in [1.54, 1.807) is 4.90 Å². The van der Waals surface area contributed by atoms with Gasteiger partial charge in [0, 0.05) is 24.7 Å². The number of alkyl halides is 3. The number of aromatic nitrogens is 3. The summed E-state index contributed by atoms with van der Waals surface area (Å²) in [6, 6.07) is 12.2. The Morgan fingerprint density at radius 3 is 2.44 bits per heavy atom. The highest BCUT2D eigenvalue weighted by molar-refractivity contribution is 5.70. The first-order valence-electron chi connectivity index (χ1n) is 11.9. The molecule has 190 valence electrons. The number of halogens is 3. The van der Waals surface area contributed by atoms with Crippen LogP contribution in [-0.4, -0.2) is 44.3 Å². The van der Waals surface area contributed by atoms with E-state index in [0.29, 0.717) is 17.9 Å². The van der Waals surface area contributed by atoms with Crippen LogP contribution in [0, 0.1) is 0 Å². The molecule has 0 radical (unpaired) electrons. The molecule has 0 N–H and O–H groups in total. The Labute approximate surface area is 206 Å². The topological polar surface area (TPSA) is 81.4 Å². The fourth-order valence-corrected chi connectivity index (χ4v) is 4.40. The summed E-state index contributed by atoms with van der Waals surface area (Å²) in [6.45, 7) is 5.88. The average molecular weight is 501 g/mol. The van der Waals surface area contributed by atoms with Crippen LogP contribution in [0.25, 0.3) is 11.5 Å². The third-order valence-corrected chi connectivity index (χ3v) is 6.54.